The van der Waals surface area contributed by atoms with E-state index in [0.717, 1.165) is 18.8 Å². The van der Waals surface area contributed by atoms with Crippen molar-refractivity contribution in [2.24, 2.45) is 23.7 Å². The summed E-state index contributed by atoms with van der Waals surface area (Å²) in [5.74, 6) is 1.16. The Morgan fingerprint density at radius 3 is 1.81 bits per heavy atom. The van der Waals surface area contributed by atoms with Crippen molar-refractivity contribution >= 4 is 5.97 Å². The molecule has 0 rings (SSSR count). The lowest BCUT2D eigenvalue weighted by atomic mass is 9.85. The van der Waals surface area contributed by atoms with Crippen LogP contribution in [0.4, 0.5) is 0 Å². The summed E-state index contributed by atoms with van der Waals surface area (Å²) < 4.78 is 0. The van der Waals surface area contributed by atoms with Crippen LogP contribution in [0.25, 0.3) is 0 Å². The molecule has 0 aliphatic rings. The largest absolute Gasteiger partial charge is 0.481 e. The molecule has 2 nitrogen and oxygen atoms in total. The Morgan fingerprint density at radius 1 is 0.938 bits per heavy atom. The molecular weight excluding hydrogens is 200 g/mol. The first kappa shape index (κ1) is 15.5. The van der Waals surface area contributed by atoms with E-state index in [2.05, 4.69) is 27.7 Å². The Balaban J connectivity index is 3.86. The molecule has 0 aliphatic carbocycles. The number of carboxylic acids is 1. The van der Waals surface area contributed by atoms with Gasteiger partial charge in [-0.1, -0.05) is 41.0 Å². The lowest BCUT2D eigenvalue weighted by Crippen LogP contribution is -2.15. The van der Waals surface area contributed by atoms with Gasteiger partial charge in [0.2, 0.25) is 0 Å². The van der Waals surface area contributed by atoms with E-state index < -0.39 is 5.97 Å². The minimum atomic E-state index is -0.665. The van der Waals surface area contributed by atoms with Gasteiger partial charge in [-0.05, 0) is 37.0 Å². The van der Waals surface area contributed by atoms with Gasteiger partial charge in [-0.2, -0.15) is 0 Å². The van der Waals surface area contributed by atoms with Crippen molar-refractivity contribution in [3.8, 4) is 0 Å². The molecule has 0 aromatic rings. The molecule has 0 fully saturated rings. The van der Waals surface area contributed by atoms with Gasteiger partial charge in [0.15, 0.2) is 0 Å². The summed E-state index contributed by atoms with van der Waals surface area (Å²) in [4.78, 5) is 10.7. The van der Waals surface area contributed by atoms with Gasteiger partial charge in [0.25, 0.3) is 0 Å². The number of hydrogen-bond acceptors (Lipinski definition) is 1. The van der Waals surface area contributed by atoms with E-state index in [1.165, 1.54) is 12.8 Å². The van der Waals surface area contributed by atoms with Gasteiger partial charge in [-0.15, -0.1) is 0 Å². The van der Waals surface area contributed by atoms with Crippen LogP contribution in [0.2, 0.25) is 0 Å². The zero-order valence-corrected chi connectivity index (χ0v) is 11.5. The molecule has 0 saturated heterocycles. The monoisotopic (exact) mass is 228 g/mol. The summed E-state index contributed by atoms with van der Waals surface area (Å²) in [5, 5.41) is 8.85. The summed E-state index contributed by atoms with van der Waals surface area (Å²) >= 11 is 0. The average Bonchev–Trinajstić information content (AvgIpc) is 2.16. The fourth-order valence-electron chi connectivity index (χ4n) is 2.44. The summed E-state index contributed by atoms with van der Waals surface area (Å²) in [7, 11) is 0. The van der Waals surface area contributed by atoms with E-state index in [1.54, 1.807) is 6.92 Å². The zero-order valence-electron chi connectivity index (χ0n) is 11.5. The van der Waals surface area contributed by atoms with Gasteiger partial charge in [-0.25, -0.2) is 0 Å². The molecule has 0 radical (unpaired) electrons. The number of carboxylic acid groups (broad SMARTS) is 1. The highest BCUT2D eigenvalue weighted by atomic mass is 16.4. The predicted octanol–water partition coefficient (Wildman–Crippen LogP) is 4.20. The lowest BCUT2D eigenvalue weighted by molar-refractivity contribution is -0.141. The van der Waals surface area contributed by atoms with Crippen LogP contribution < -0.4 is 0 Å². The first-order valence-electron chi connectivity index (χ1n) is 6.59. The van der Waals surface area contributed by atoms with Gasteiger partial charge in [0.1, 0.15) is 0 Å². The molecule has 0 unspecified atom stereocenters. The van der Waals surface area contributed by atoms with E-state index in [4.69, 9.17) is 5.11 Å². The van der Waals surface area contributed by atoms with Crippen molar-refractivity contribution in [2.75, 3.05) is 0 Å². The van der Waals surface area contributed by atoms with E-state index in [-0.39, 0.29) is 5.92 Å². The standard InChI is InChI=1S/C14H28O2/c1-6-10(2)7-11(3)8-12(4)9-13(5)14(15)16/h10-13H,6-9H2,1-5H3,(H,15,16)/t10-,11-,12-,13-/m0/s1. The highest BCUT2D eigenvalue weighted by molar-refractivity contribution is 5.69. The summed E-state index contributed by atoms with van der Waals surface area (Å²) in [6, 6.07) is 0. The van der Waals surface area contributed by atoms with Gasteiger partial charge in [0.05, 0.1) is 5.92 Å². The van der Waals surface area contributed by atoms with E-state index >= 15 is 0 Å². The Kier molecular flexibility index (Phi) is 7.44. The third-order valence-corrected chi connectivity index (χ3v) is 3.48. The maximum absolute atomic E-state index is 10.7. The minimum absolute atomic E-state index is 0.203. The SMILES string of the molecule is CC[C@H](C)C[C@H](C)C[C@H](C)C[C@H](C)C(=O)O. The fraction of sp³-hybridized carbons (Fsp3) is 0.929. The van der Waals surface area contributed by atoms with E-state index in [0.29, 0.717) is 11.8 Å². The van der Waals surface area contributed by atoms with Crippen molar-refractivity contribution in [3.63, 3.8) is 0 Å². The molecule has 16 heavy (non-hydrogen) atoms. The molecule has 0 heterocycles. The average molecular weight is 228 g/mol. The first-order valence-corrected chi connectivity index (χ1v) is 6.59. The Labute approximate surface area is 100 Å². The van der Waals surface area contributed by atoms with Gasteiger partial charge < -0.3 is 5.11 Å². The molecule has 4 atom stereocenters. The predicted molar refractivity (Wildman–Crippen MR) is 68.4 cm³/mol. The topological polar surface area (TPSA) is 37.3 Å². The van der Waals surface area contributed by atoms with Crippen LogP contribution in [0.15, 0.2) is 0 Å². The smallest absolute Gasteiger partial charge is 0.306 e. The zero-order chi connectivity index (χ0) is 12.7. The van der Waals surface area contributed by atoms with E-state index in [9.17, 15) is 4.79 Å². The molecule has 0 aliphatic heterocycles. The number of rotatable bonds is 8. The Morgan fingerprint density at radius 2 is 1.38 bits per heavy atom. The molecule has 0 aromatic carbocycles. The van der Waals surface area contributed by atoms with Gasteiger partial charge >= 0.3 is 5.97 Å². The van der Waals surface area contributed by atoms with E-state index in [1.807, 2.05) is 0 Å². The van der Waals surface area contributed by atoms with Crippen molar-refractivity contribution < 1.29 is 9.90 Å². The van der Waals surface area contributed by atoms with Gasteiger partial charge in [-0.3, -0.25) is 4.79 Å². The Bertz CT molecular complexity index is 201. The normalized spacial score (nSPS) is 18.8. The highest BCUT2D eigenvalue weighted by Crippen LogP contribution is 2.25. The van der Waals surface area contributed by atoms with Crippen LogP contribution in [0.1, 0.15) is 60.3 Å². The number of aliphatic carboxylic acids is 1. The Hall–Kier alpha value is -0.530. The van der Waals surface area contributed by atoms with Crippen molar-refractivity contribution in [1.82, 2.24) is 0 Å². The molecule has 0 aromatic heterocycles. The molecule has 0 spiro atoms. The number of hydrogen-bond donors (Lipinski definition) is 1. The molecule has 1 N–H and O–H groups in total. The summed E-state index contributed by atoms with van der Waals surface area (Å²) in [6.45, 7) is 10.8. The molecular formula is C14H28O2. The minimum Gasteiger partial charge on any atom is -0.481 e. The molecule has 0 bridgehead atoms. The highest BCUT2D eigenvalue weighted by Gasteiger charge is 2.17. The third-order valence-electron chi connectivity index (χ3n) is 3.48. The molecule has 0 amide bonds. The third kappa shape index (κ3) is 6.86. The second-order valence-electron chi connectivity index (χ2n) is 5.67. The molecule has 2 heteroatoms. The fourth-order valence-corrected chi connectivity index (χ4v) is 2.44. The first-order chi connectivity index (χ1) is 7.36. The van der Waals surface area contributed by atoms with Crippen LogP contribution in [0.3, 0.4) is 0 Å². The van der Waals surface area contributed by atoms with Crippen molar-refractivity contribution in [2.45, 2.75) is 60.3 Å². The quantitative estimate of drug-likeness (QED) is 0.676. The van der Waals surface area contributed by atoms with Crippen LogP contribution in [0.5, 0.6) is 0 Å². The summed E-state index contributed by atoms with van der Waals surface area (Å²) in [6.07, 6.45) is 4.47. The van der Waals surface area contributed by atoms with Crippen molar-refractivity contribution in [1.29, 1.82) is 0 Å². The van der Waals surface area contributed by atoms with Gasteiger partial charge in [0, 0.05) is 0 Å². The summed E-state index contributed by atoms with van der Waals surface area (Å²) in [5.41, 5.74) is 0. The maximum Gasteiger partial charge on any atom is 0.306 e. The van der Waals surface area contributed by atoms with Crippen LogP contribution in [-0.2, 0) is 4.79 Å². The van der Waals surface area contributed by atoms with Crippen molar-refractivity contribution in [3.05, 3.63) is 0 Å². The van der Waals surface area contributed by atoms with Crippen LogP contribution >= 0.6 is 0 Å². The molecule has 0 saturated carbocycles. The lowest BCUT2D eigenvalue weighted by Gasteiger charge is -2.21. The second kappa shape index (κ2) is 7.70. The number of carbonyl (C=O) groups is 1. The van der Waals surface area contributed by atoms with Crippen LogP contribution in [0, 0.1) is 23.7 Å². The maximum atomic E-state index is 10.7. The van der Waals surface area contributed by atoms with Crippen LogP contribution in [-0.4, -0.2) is 11.1 Å². The molecule has 96 valence electrons. The second-order valence-corrected chi connectivity index (χ2v) is 5.67.